The van der Waals surface area contributed by atoms with Crippen molar-refractivity contribution in [2.75, 3.05) is 13.1 Å². The lowest BCUT2D eigenvalue weighted by Crippen LogP contribution is -2.32. The number of rotatable bonds is 1. The maximum Gasteiger partial charge on any atom is 0.260 e. The van der Waals surface area contributed by atoms with Crippen molar-refractivity contribution >= 4 is 11.7 Å². The van der Waals surface area contributed by atoms with E-state index in [1.165, 1.54) is 0 Å². The Bertz CT molecular complexity index is 372. The van der Waals surface area contributed by atoms with Crippen molar-refractivity contribution < 1.29 is 4.79 Å². The molecule has 0 atom stereocenters. The Kier molecular flexibility index (Phi) is 2.26. The summed E-state index contributed by atoms with van der Waals surface area (Å²) in [6, 6.07) is 3.52. The van der Waals surface area contributed by atoms with E-state index in [0.29, 0.717) is 18.7 Å². The maximum absolute atomic E-state index is 11.9. The molecular formula is C10H11N3O. The lowest BCUT2D eigenvalue weighted by molar-refractivity contribution is 0.0857. The van der Waals surface area contributed by atoms with Crippen molar-refractivity contribution in [2.24, 2.45) is 4.99 Å². The van der Waals surface area contributed by atoms with Crippen molar-refractivity contribution in [2.45, 2.75) is 6.92 Å². The van der Waals surface area contributed by atoms with Crippen LogP contribution in [0.2, 0.25) is 0 Å². The minimum absolute atomic E-state index is 0.0168. The van der Waals surface area contributed by atoms with Crippen LogP contribution in [0.15, 0.2) is 29.5 Å². The number of carbonyl (C=O) groups excluding carboxylic acids is 1. The zero-order valence-electron chi connectivity index (χ0n) is 7.97. The van der Waals surface area contributed by atoms with Gasteiger partial charge >= 0.3 is 0 Å². The van der Waals surface area contributed by atoms with Crippen LogP contribution < -0.4 is 0 Å². The number of hydrogen-bond donors (Lipinski definition) is 0. The fourth-order valence-electron chi connectivity index (χ4n) is 1.45. The molecule has 0 spiro atoms. The minimum Gasteiger partial charge on any atom is -0.295 e. The van der Waals surface area contributed by atoms with Gasteiger partial charge in [0.15, 0.2) is 0 Å². The molecule has 0 fully saturated rings. The second-order valence-electron chi connectivity index (χ2n) is 3.13. The molecule has 2 rings (SSSR count). The van der Waals surface area contributed by atoms with Crippen LogP contribution in [0.25, 0.3) is 0 Å². The molecule has 0 unspecified atom stereocenters. The highest BCUT2D eigenvalue weighted by Crippen LogP contribution is 2.07. The van der Waals surface area contributed by atoms with E-state index in [9.17, 15) is 4.79 Å². The largest absolute Gasteiger partial charge is 0.295 e. The lowest BCUT2D eigenvalue weighted by atomic mass is 10.2. The molecule has 0 saturated heterocycles. The third-order valence-electron chi connectivity index (χ3n) is 2.21. The average Bonchev–Trinajstić information content (AvgIpc) is 2.65. The topological polar surface area (TPSA) is 45.6 Å². The molecule has 0 radical (unpaired) electrons. The van der Waals surface area contributed by atoms with Crippen LogP contribution in [0.3, 0.4) is 0 Å². The third kappa shape index (κ3) is 1.51. The predicted molar refractivity (Wildman–Crippen MR) is 53.2 cm³/mol. The van der Waals surface area contributed by atoms with E-state index in [0.717, 1.165) is 5.84 Å². The Hall–Kier alpha value is -1.71. The van der Waals surface area contributed by atoms with E-state index < -0.39 is 0 Å². The van der Waals surface area contributed by atoms with Gasteiger partial charge in [-0.1, -0.05) is 0 Å². The van der Waals surface area contributed by atoms with Gasteiger partial charge in [-0.15, -0.1) is 0 Å². The summed E-state index contributed by atoms with van der Waals surface area (Å²) >= 11 is 0. The first-order valence-corrected chi connectivity index (χ1v) is 4.52. The fraction of sp³-hybridized carbons (Fsp3) is 0.300. The molecular weight excluding hydrogens is 178 g/mol. The fourth-order valence-corrected chi connectivity index (χ4v) is 1.45. The van der Waals surface area contributed by atoms with Crippen molar-refractivity contribution in [1.29, 1.82) is 0 Å². The summed E-state index contributed by atoms with van der Waals surface area (Å²) < 4.78 is 0. The molecule has 14 heavy (non-hydrogen) atoms. The lowest BCUT2D eigenvalue weighted by Gasteiger charge is -2.15. The van der Waals surface area contributed by atoms with Gasteiger partial charge in [0, 0.05) is 18.9 Å². The molecule has 4 nitrogen and oxygen atoms in total. The molecule has 0 bridgehead atoms. The number of hydrogen-bond acceptors (Lipinski definition) is 3. The van der Waals surface area contributed by atoms with E-state index in [1.54, 1.807) is 29.4 Å². The minimum atomic E-state index is -0.0168. The standard InChI is InChI=1S/C10H11N3O/c1-8-12-5-6-13(8)10(14)9-3-2-4-11-7-9/h2-4,7H,5-6H2,1H3. The summed E-state index contributed by atoms with van der Waals surface area (Å²) in [7, 11) is 0. The summed E-state index contributed by atoms with van der Waals surface area (Å²) in [6.45, 7) is 3.23. The number of carbonyl (C=O) groups is 1. The molecule has 0 N–H and O–H groups in total. The molecule has 1 aliphatic rings. The summed E-state index contributed by atoms with van der Waals surface area (Å²) in [5, 5.41) is 0. The molecule has 1 aliphatic heterocycles. The van der Waals surface area contributed by atoms with Crippen LogP contribution in [-0.4, -0.2) is 34.7 Å². The van der Waals surface area contributed by atoms with Crippen molar-refractivity contribution in [3.05, 3.63) is 30.1 Å². The summed E-state index contributed by atoms with van der Waals surface area (Å²) in [5.41, 5.74) is 0.615. The van der Waals surface area contributed by atoms with Gasteiger partial charge in [-0.05, 0) is 19.1 Å². The SMILES string of the molecule is CC1=NCCN1C(=O)c1cccnc1. The van der Waals surface area contributed by atoms with Gasteiger partial charge in [-0.2, -0.15) is 0 Å². The zero-order chi connectivity index (χ0) is 9.97. The van der Waals surface area contributed by atoms with E-state index in [2.05, 4.69) is 9.98 Å². The zero-order valence-corrected chi connectivity index (χ0v) is 7.97. The maximum atomic E-state index is 11.9. The number of aromatic nitrogens is 1. The number of amides is 1. The summed E-state index contributed by atoms with van der Waals surface area (Å²) in [6.07, 6.45) is 3.23. The first kappa shape index (κ1) is 8.87. The molecule has 72 valence electrons. The second-order valence-corrected chi connectivity index (χ2v) is 3.13. The Morgan fingerprint density at radius 1 is 1.57 bits per heavy atom. The summed E-state index contributed by atoms with van der Waals surface area (Å²) in [5.74, 6) is 0.774. The van der Waals surface area contributed by atoms with Crippen LogP contribution in [0, 0.1) is 0 Å². The molecule has 1 aromatic rings. The normalized spacial score (nSPS) is 15.5. The molecule has 1 aromatic heterocycles. The summed E-state index contributed by atoms with van der Waals surface area (Å²) in [4.78, 5) is 21.6. The molecule has 0 aliphatic carbocycles. The molecule has 4 heteroatoms. The van der Waals surface area contributed by atoms with Crippen LogP contribution in [-0.2, 0) is 0 Å². The number of nitrogens with zero attached hydrogens (tertiary/aromatic N) is 3. The Morgan fingerprint density at radius 2 is 2.43 bits per heavy atom. The highest BCUT2D eigenvalue weighted by molar-refractivity contribution is 6.06. The monoisotopic (exact) mass is 189 g/mol. The molecule has 2 heterocycles. The van der Waals surface area contributed by atoms with Crippen LogP contribution in [0.1, 0.15) is 17.3 Å². The van der Waals surface area contributed by atoms with Gasteiger partial charge in [0.05, 0.1) is 12.1 Å². The van der Waals surface area contributed by atoms with Crippen molar-refractivity contribution in [1.82, 2.24) is 9.88 Å². The van der Waals surface area contributed by atoms with Crippen molar-refractivity contribution in [3.8, 4) is 0 Å². The predicted octanol–water partition coefficient (Wildman–Crippen LogP) is 0.956. The first-order valence-electron chi connectivity index (χ1n) is 4.52. The van der Waals surface area contributed by atoms with Crippen molar-refractivity contribution in [3.63, 3.8) is 0 Å². The van der Waals surface area contributed by atoms with Gasteiger partial charge in [0.25, 0.3) is 5.91 Å². The Balaban J connectivity index is 2.21. The van der Waals surface area contributed by atoms with Crippen LogP contribution in [0.5, 0.6) is 0 Å². The Morgan fingerprint density at radius 3 is 3.00 bits per heavy atom. The highest BCUT2D eigenvalue weighted by Gasteiger charge is 2.21. The first-order chi connectivity index (χ1) is 6.79. The van der Waals surface area contributed by atoms with Crippen LogP contribution in [0.4, 0.5) is 0 Å². The second kappa shape index (κ2) is 3.57. The molecule has 1 amide bonds. The smallest absolute Gasteiger partial charge is 0.260 e. The van der Waals surface area contributed by atoms with Gasteiger partial charge in [-0.25, -0.2) is 0 Å². The highest BCUT2D eigenvalue weighted by atomic mass is 16.2. The van der Waals surface area contributed by atoms with Gasteiger partial charge in [-0.3, -0.25) is 19.7 Å². The quantitative estimate of drug-likeness (QED) is 0.660. The van der Waals surface area contributed by atoms with Crippen LogP contribution >= 0.6 is 0 Å². The number of pyridine rings is 1. The van der Waals surface area contributed by atoms with E-state index in [1.807, 2.05) is 6.92 Å². The third-order valence-corrected chi connectivity index (χ3v) is 2.21. The van der Waals surface area contributed by atoms with E-state index in [-0.39, 0.29) is 5.91 Å². The number of amidine groups is 1. The molecule has 0 aromatic carbocycles. The number of aliphatic imine (C=N–C) groups is 1. The van der Waals surface area contributed by atoms with Gasteiger partial charge in [0.2, 0.25) is 0 Å². The molecule has 0 saturated carbocycles. The van der Waals surface area contributed by atoms with Gasteiger partial charge < -0.3 is 0 Å². The van der Waals surface area contributed by atoms with Gasteiger partial charge in [0.1, 0.15) is 5.84 Å². The van der Waals surface area contributed by atoms with E-state index >= 15 is 0 Å². The van der Waals surface area contributed by atoms with E-state index in [4.69, 9.17) is 0 Å². The Labute approximate surface area is 82.3 Å². The average molecular weight is 189 g/mol.